The molecule has 0 amide bonds. The molecule has 0 saturated carbocycles. The van der Waals surface area contributed by atoms with Crippen LogP contribution in [0.5, 0.6) is 0 Å². The van der Waals surface area contributed by atoms with E-state index in [0.29, 0.717) is 5.65 Å². The molecule has 2 aromatic rings. The zero-order valence-corrected chi connectivity index (χ0v) is 9.43. The number of carbonyl (C=O) groups excluding carboxylic acids is 1. The van der Waals surface area contributed by atoms with Gasteiger partial charge in [0.2, 0.25) is 0 Å². The van der Waals surface area contributed by atoms with Crippen molar-refractivity contribution < 1.29 is 18.0 Å². The van der Waals surface area contributed by atoms with Gasteiger partial charge in [0.1, 0.15) is 5.65 Å². The lowest BCUT2D eigenvalue weighted by molar-refractivity contribution is -0.116. The van der Waals surface area contributed by atoms with Crippen LogP contribution in [0.2, 0.25) is 5.15 Å². The predicted octanol–water partition coefficient (Wildman–Crippen LogP) is 3.11. The highest BCUT2D eigenvalue weighted by atomic mass is 35.5. The Morgan fingerprint density at radius 1 is 1.53 bits per heavy atom. The minimum absolute atomic E-state index is 0.0932. The van der Waals surface area contributed by atoms with Crippen LogP contribution in [0.1, 0.15) is 5.56 Å². The van der Waals surface area contributed by atoms with Crippen molar-refractivity contribution in [2.75, 3.05) is 0 Å². The summed E-state index contributed by atoms with van der Waals surface area (Å²) < 4.78 is 33.7. The quantitative estimate of drug-likeness (QED) is 0.635. The van der Waals surface area contributed by atoms with Crippen LogP contribution < -0.4 is 0 Å². The number of aldehydes is 1. The topological polar surface area (TPSA) is 45.8 Å². The van der Waals surface area contributed by atoms with E-state index in [2.05, 4.69) is 9.97 Å². The second kappa shape index (κ2) is 5.67. The van der Waals surface area contributed by atoms with Gasteiger partial charge in [0.15, 0.2) is 17.3 Å². The number of hydrogen-bond acceptors (Lipinski definition) is 2. The third kappa shape index (κ3) is 3.45. The van der Waals surface area contributed by atoms with Crippen LogP contribution in [-0.4, -0.2) is 22.7 Å². The molecule has 0 unspecified atom stereocenters. The van der Waals surface area contributed by atoms with E-state index in [9.17, 15) is 13.2 Å². The summed E-state index contributed by atoms with van der Waals surface area (Å²) >= 11 is 5.49. The minimum atomic E-state index is -2.80. The lowest BCUT2D eigenvalue weighted by Crippen LogP contribution is -1.86. The molecule has 0 aromatic carbocycles. The molecule has 1 N–H and O–H groups in total. The zero-order valence-electron chi connectivity index (χ0n) is 8.68. The maximum Gasteiger partial charge on any atom is 0.293 e. The molecule has 17 heavy (non-hydrogen) atoms. The Balaban J connectivity index is 0.000000249. The number of pyridine rings is 1. The van der Waals surface area contributed by atoms with E-state index in [4.69, 9.17) is 16.4 Å². The van der Waals surface area contributed by atoms with Crippen LogP contribution in [-0.2, 0) is 4.79 Å². The van der Waals surface area contributed by atoms with Crippen LogP contribution in [0.3, 0.4) is 0 Å². The van der Waals surface area contributed by atoms with Gasteiger partial charge >= 0.3 is 0 Å². The van der Waals surface area contributed by atoms with Crippen LogP contribution in [0.15, 0.2) is 12.3 Å². The van der Waals surface area contributed by atoms with E-state index in [0.717, 1.165) is 10.9 Å². The molecule has 2 rings (SSSR count). The lowest BCUT2D eigenvalue weighted by atomic mass is 10.2. The van der Waals surface area contributed by atoms with Crippen LogP contribution in [0.25, 0.3) is 11.0 Å². The molecule has 2 heterocycles. The summed E-state index contributed by atoms with van der Waals surface area (Å²) in [5, 5.41) is 0.682. The molecule has 2 aromatic heterocycles. The lowest BCUT2D eigenvalue weighted by Gasteiger charge is -1.93. The number of alkyl halides is 2. The maximum atomic E-state index is 12.9. The highest BCUT2D eigenvalue weighted by Crippen LogP contribution is 2.20. The first-order chi connectivity index (χ1) is 7.95. The van der Waals surface area contributed by atoms with Crippen molar-refractivity contribution in [3.05, 3.63) is 28.8 Å². The molecule has 0 radical (unpaired) electrons. The SMILES string of the molecule is Cc1c[nH]c2nc(Cl)c(F)cc12.O=CC(F)F. The highest BCUT2D eigenvalue weighted by Gasteiger charge is 2.06. The Kier molecular flexibility index (Phi) is 4.51. The summed E-state index contributed by atoms with van der Waals surface area (Å²) in [6.07, 6.45) is -1.44. The average Bonchev–Trinajstić information content (AvgIpc) is 2.62. The first kappa shape index (κ1) is 13.5. The Morgan fingerprint density at radius 2 is 2.12 bits per heavy atom. The van der Waals surface area contributed by atoms with Gasteiger partial charge in [-0.3, -0.25) is 4.79 Å². The predicted molar refractivity (Wildman–Crippen MR) is 57.9 cm³/mol. The second-order valence-electron chi connectivity index (χ2n) is 3.10. The molecule has 0 aliphatic heterocycles. The number of aromatic nitrogens is 2. The van der Waals surface area contributed by atoms with Gasteiger partial charge in [-0.1, -0.05) is 11.6 Å². The summed E-state index contributed by atoms with van der Waals surface area (Å²) in [5.41, 5.74) is 1.59. The van der Waals surface area contributed by atoms with Gasteiger partial charge in [0, 0.05) is 11.6 Å². The first-order valence-corrected chi connectivity index (χ1v) is 4.86. The minimum Gasteiger partial charge on any atom is -0.346 e. The van der Waals surface area contributed by atoms with Crippen molar-refractivity contribution in [2.45, 2.75) is 13.3 Å². The van der Waals surface area contributed by atoms with E-state index in [1.807, 2.05) is 6.92 Å². The summed E-state index contributed by atoms with van der Waals surface area (Å²) in [5.74, 6) is -0.480. The van der Waals surface area contributed by atoms with Crippen LogP contribution >= 0.6 is 11.6 Å². The monoisotopic (exact) mass is 264 g/mol. The summed E-state index contributed by atoms with van der Waals surface area (Å²) in [4.78, 5) is 15.5. The molecule has 0 spiro atoms. The molecule has 0 bridgehead atoms. The first-order valence-electron chi connectivity index (χ1n) is 4.49. The third-order valence-corrected chi connectivity index (χ3v) is 2.15. The molecular formula is C10H8ClF3N2O. The van der Waals surface area contributed by atoms with Gasteiger partial charge in [0.05, 0.1) is 0 Å². The van der Waals surface area contributed by atoms with Crippen molar-refractivity contribution in [3.8, 4) is 0 Å². The van der Waals surface area contributed by atoms with Gasteiger partial charge in [0.25, 0.3) is 6.43 Å². The standard InChI is InChI=1S/C8H6ClFN2.C2H2F2O/c1-4-3-11-8-5(4)2-6(10)7(9)12-8;3-2(4)1-5/h2-3H,1H3,(H,11,12);1-2H. The summed E-state index contributed by atoms with van der Waals surface area (Å²) in [7, 11) is 0. The summed E-state index contributed by atoms with van der Waals surface area (Å²) in [6.45, 7) is 1.88. The number of aryl methyl sites for hydroxylation is 1. The molecule has 0 aliphatic rings. The maximum absolute atomic E-state index is 12.9. The van der Waals surface area contributed by atoms with Crippen LogP contribution in [0.4, 0.5) is 13.2 Å². The fourth-order valence-corrected chi connectivity index (χ4v) is 1.27. The van der Waals surface area contributed by atoms with Crippen molar-refractivity contribution in [1.29, 1.82) is 0 Å². The molecule has 0 atom stereocenters. The molecule has 0 aliphatic carbocycles. The van der Waals surface area contributed by atoms with E-state index >= 15 is 0 Å². The van der Waals surface area contributed by atoms with E-state index in [1.165, 1.54) is 6.07 Å². The Labute approximate surface area is 99.6 Å². The zero-order chi connectivity index (χ0) is 13.0. The molecular weight excluding hydrogens is 257 g/mol. The number of rotatable bonds is 1. The molecule has 0 fully saturated rings. The Morgan fingerprint density at radius 3 is 2.65 bits per heavy atom. The van der Waals surface area contributed by atoms with Gasteiger partial charge in [-0.05, 0) is 18.6 Å². The molecule has 7 heteroatoms. The molecule has 3 nitrogen and oxygen atoms in total. The van der Waals surface area contributed by atoms with Crippen LogP contribution in [0, 0.1) is 12.7 Å². The number of hydrogen-bond donors (Lipinski definition) is 1. The number of nitrogens with one attached hydrogen (secondary N) is 1. The number of H-pyrrole nitrogens is 1. The molecule has 0 saturated heterocycles. The number of halogens is 4. The fraction of sp³-hybridized carbons (Fsp3) is 0.200. The van der Waals surface area contributed by atoms with E-state index in [-0.39, 0.29) is 5.15 Å². The summed E-state index contributed by atoms with van der Waals surface area (Å²) in [6, 6.07) is 1.39. The van der Waals surface area contributed by atoms with E-state index < -0.39 is 18.5 Å². The van der Waals surface area contributed by atoms with E-state index in [1.54, 1.807) is 6.20 Å². The second-order valence-corrected chi connectivity index (χ2v) is 3.46. The van der Waals surface area contributed by atoms with Crippen molar-refractivity contribution in [2.24, 2.45) is 0 Å². The third-order valence-electron chi connectivity index (χ3n) is 1.89. The smallest absolute Gasteiger partial charge is 0.293 e. The number of fused-ring (bicyclic) bond motifs is 1. The largest absolute Gasteiger partial charge is 0.346 e. The number of nitrogens with zero attached hydrogens (tertiary/aromatic N) is 1. The Bertz CT molecular complexity index is 527. The van der Waals surface area contributed by atoms with Crippen molar-refractivity contribution in [3.63, 3.8) is 0 Å². The molecule has 92 valence electrons. The van der Waals surface area contributed by atoms with Gasteiger partial charge in [-0.25, -0.2) is 18.2 Å². The van der Waals surface area contributed by atoms with Crippen molar-refractivity contribution in [1.82, 2.24) is 9.97 Å². The van der Waals surface area contributed by atoms with Gasteiger partial charge in [-0.15, -0.1) is 0 Å². The normalized spacial score (nSPS) is 10.2. The number of aromatic amines is 1. The van der Waals surface area contributed by atoms with Crippen molar-refractivity contribution >= 4 is 28.9 Å². The average molecular weight is 265 g/mol. The number of carbonyl (C=O) groups is 1. The Hall–Kier alpha value is -1.56. The van der Waals surface area contributed by atoms with Gasteiger partial charge < -0.3 is 4.98 Å². The fourth-order valence-electron chi connectivity index (χ4n) is 1.13. The highest BCUT2D eigenvalue weighted by molar-refractivity contribution is 6.29. The van der Waals surface area contributed by atoms with Gasteiger partial charge in [-0.2, -0.15) is 0 Å².